The molecule has 4 nitrogen and oxygen atoms in total. The van der Waals surface area contributed by atoms with E-state index in [1.165, 1.54) is 71.0 Å². The molecule has 4 heteroatoms. The van der Waals surface area contributed by atoms with Crippen LogP contribution in [0.5, 0.6) is 0 Å². The monoisotopic (exact) mass is 294 g/mol. The lowest BCUT2D eigenvalue weighted by atomic mass is 10.0. The van der Waals surface area contributed by atoms with Gasteiger partial charge in [-0.1, -0.05) is 19.8 Å². The van der Waals surface area contributed by atoms with E-state index >= 15 is 0 Å². The fourth-order valence-corrected chi connectivity index (χ4v) is 3.62. The summed E-state index contributed by atoms with van der Waals surface area (Å²) in [5.41, 5.74) is 0. The number of guanidine groups is 1. The first-order valence-electron chi connectivity index (χ1n) is 8.97. The Bertz CT molecular complexity index is 310. The van der Waals surface area contributed by atoms with Crippen molar-refractivity contribution in [1.29, 1.82) is 0 Å². The number of hydrogen-bond donors (Lipinski definition) is 2. The SMILES string of the molecule is CN=C(NCCCCN1CCCC(C)C1)NC1CCCC1. The van der Waals surface area contributed by atoms with Gasteiger partial charge in [0.05, 0.1) is 0 Å². The van der Waals surface area contributed by atoms with Crippen LogP contribution < -0.4 is 10.6 Å². The Hall–Kier alpha value is -0.770. The van der Waals surface area contributed by atoms with Crippen LogP contribution in [0.1, 0.15) is 58.3 Å². The molecule has 0 radical (unpaired) electrons. The first-order valence-corrected chi connectivity index (χ1v) is 8.97. The van der Waals surface area contributed by atoms with Gasteiger partial charge in [0.2, 0.25) is 0 Å². The highest BCUT2D eigenvalue weighted by atomic mass is 15.2. The lowest BCUT2D eigenvalue weighted by molar-refractivity contribution is 0.181. The Kier molecular flexibility index (Phi) is 7.34. The predicted octanol–water partition coefficient (Wildman–Crippen LogP) is 2.61. The lowest BCUT2D eigenvalue weighted by Crippen LogP contribution is -2.42. The van der Waals surface area contributed by atoms with Crippen molar-refractivity contribution in [3.05, 3.63) is 0 Å². The van der Waals surface area contributed by atoms with Crippen LogP contribution in [0.3, 0.4) is 0 Å². The van der Waals surface area contributed by atoms with Gasteiger partial charge < -0.3 is 15.5 Å². The summed E-state index contributed by atoms with van der Waals surface area (Å²) >= 11 is 0. The van der Waals surface area contributed by atoms with Crippen molar-refractivity contribution in [1.82, 2.24) is 15.5 Å². The van der Waals surface area contributed by atoms with Crippen molar-refractivity contribution in [3.8, 4) is 0 Å². The zero-order chi connectivity index (χ0) is 14.9. The zero-order valence-corrected chi connectivity index (χ0v) is 14.0. The van der Waals surface area contributed by atoms with E-state index in [1.807, 2.05) is 7.05 Å². The van der Waals surface area contributed by atoms with Crippen LogP contribution in [0.4, 0.5) is 0 Å². The third kappa shape index (κ3) is 6.25. The number of rotatable bonds is 6. The van der Waals surface area contributed by atoms with Gasteiger partial charge in [0, 0.05) is 26.2 Å². The molecule has 2 rings (SSSR count). The highest BCUT2D eigenvalue weighted by Gasteiger charge is 2.16. The van der Waals surface area contributed by atoms with Crippen LogP contribution in [-0.4, -0.2) is 50.1 Å². The van der Waals surface area contributed by atoms with Gasteiger partial charge in [0.25, 0.3) is 0 Å². The quantitative estimate of drug-likeness (QED) is 0.449. The van der Waals surface area contributed by atoms with Crippen molar-refractivity contribution < 1.29 is 0 Å². The van der Waals surface area contributed by atoms with Gasteiger partial charge in [0.1, 0.15) is 0 Å². The third-order valence-electron chi connectivity index (χ3n) is 4.85. The van der Waals surface area contributed by atoms with Crippen LogP contribution in [0, 0.1) is 5.92 Å². The van der Waals surface area contributed by atoms with Gasteiger partial charge in [-0.25, -0.2) is 0 Å². The molecule has 0 spiro atoms. The Morgan fingerprint density at radius 3 is 2.67 bits per heavy atom. The second-order valence-electron chi connectivity index (χ2n) is 6.88. The minimum atomic E-state index is 0.644. The maximum absolute atomic E-state index is 4.33. The summed E-state index contributed by atoms with van der Waals surface area (Å²) in [6.45, 7) is 7.30. The number of unbranched alkanes of at least 4 members (excludes halogenated alkanes) is 1. The Labute approximate surface area is 130 Å². The fourth-order valence-electron chi connectivity index (χ4n) is 3.62. The van der Waals surface area contributed by atoms with Crippen molar-refractivity contribution in [2.75, 3.05) is 33.2 Å². The largest absolute Gasteiger partial charge is 0.356 e. The number of nitrogens with one attached hydrogen (secondary N) is 2. The molecule has 1 unspecified atom stereocenters. The van der Waals surface area contributed by atoms with Gasteiger partial charge in [-0.3, -0.25) is 4.99 Å². The summed E-state index contributed by atoms with van der Waals surface area (Å²) in [5, 5.41) is 7.00. The van der Waals surface area contributed by atoms with E-state index in [4.69, 9.17) is 0 Å². The van der Waals surface area contributed by atoms with Crippen LogP contribution in [0.25, 0.3) is 0 Å². The number of aliphatic imine (C=N–C) groups is 1. The van der Waals surface area contributed by atoms with Crippen molar-refractivity contribution >= 4 is 5.96 Å². The van der Waals surface area contributed by atoms with Crippen LogP contribution >= 0.6 is 0 Å². The van der Waals surface area contributed by atoms with E-state index in [2.05, 4.69) is 27.4 Å². The molecular weight excluding hydrogens is 260 g/mol. The summed E-state index contributed by atoms with van der Waals surface area (Å²) in [7, 11) is 1.87. The fraction of sp³-hybridized carbons (Fsp3) is 0.941. The molecular formula is C17H34N4. The van der Waals surface area contributed by atoms with Gasteiger partial charge in [-0.2, -0.15) is 0 Å². The van der Waals surface area contributed by atoms with Gasteiger partial charge >= 0.3 is 0 Å². The van der Waals surface area contributed by atoms with E-state index in [1.54, 1.807) is 0 Å². The second-order valence-corrected chi connectivity index (χ2v) is 6.88. The first kappa shape index (κ1) is 16.6. The Balaban J connectivity index is 1.51. The van der Waals surface area contributed by atoms with Crippen LogP contribution in [0.2, 0.25) is 0 Å². The third-order valence-corrected chi connectivity index (χ3v) is 4.85. The molecule has 0 bridgehead atoms. The number of piperidine rings is 1. The molecule has 2 aliphatic rings. The molecule has 1 heterocycles. The Morgan fingerprint density at radius 2 is 1.95 bits per heavy atom. The molecule has 1 saturated heterocycles. The van der Waals surface area contributed by atoms with Gasteiger partial charge in [0.15, 0.2) is 5.96 Å². The van der Waals surface area contributed by atoms with E-state index in [-0.39, 0.29) is 0 Å². The number of nitrogens with zero attached hydrogens (tertiary/aromatic N) is 2. The average molecular weight is 294 g/mol. The molecule has 1 atom stereocenters. The van der Waals surface area contributed by atoms with Gasteiger partial charge in [-0.15, -0.1) is 0 Å². The zero-order valence-electron chi connectivity index (χ0n) is 14.0. The van der Waals surface area contributed by atoms with Gasteiger partial charge in [-0.05, 0) is 57.5 Å². The highest BCUT2D eigenvalue weighted by Crippen LogP contribution is 2.17. The maximum Gasteiger partial charge on any atom is 0.191 e. The van der Waals surface area contributed by atoms with E-state index in [0.717, 1.165) is 18.4 Å². The van der Waals surface area contributed by atoms with Crippen molar-refractivity contribution in [2.45, 2.75) is 64.3 Å². The molecule has 122 valence electrons. The lowest BCUT2D eigenvalue weighted by Gasteiger charge is -2.30. The molecule has 21 heavy (non-hydrogen) atoms. The molecule has 1 aliphatic carbocycles. The van der Waals surface area contributed by atoms with E-state index in [9.17, 15) is 0 Å². The number of likely N-dealkylation sites (tertiary alicyclic amines) is 1. The normalized spacial score (nSPS) is 25.2. The predicted molar refractivity (Wildman–Crippen MR) is 90.8 cm³/mol. The standard InChI is InChI=1S/C17H34N4/c1-15-8-7-13-21(14-15)12-6-5-11-19-17(18-2)20-16-9-3-4-10-16/h15-16H,3-14H2,1-2H3,(H2,18,19,20). The summed E-state index contributed by atoms with van der Waals surface area (Å²) < 4.78 is 0. The summed E-state index contributed by atoms with van der Waals surface area (Å²) in [6.07, 6.45) is 10.7. The molecule has 0 aromatic heterocycles. The maximum atomic E-state index is 4.33. The Morgan fingerprint density at radius 1 is 1.14 bits per heavy atom. The molecule has 0 aromatic rings. The van der Waals surface area contributed by atoms with E-state index < -0.39 is 0 Å². The van der Waals surface area contributed by atoms with Crippen LogP contribution in [-0.2, 0) is 0 Å². The van der Waals surface area contributed by atoms with Crippen LogP contribution in [0.15, 0.2) is 4.99 Å². The summed E-state index contributed by atoms with van der Waals surface area (Å²) in [6, 6.07) is 0.644. The second kappa shape index (κ2) is 9.29. The summed E-state index contributed by atoms with van der Waals surface area (Å²) in [5.74, 6) is 1.89. The molecule has 2 N–H and O–H groups in total. The highest BCUT2D eigenvalue weighted by molar-refractivity contribution is 5.79. The molecule has 0 amide bonds. The van der Waals surface area contributed by atoms with Crippen molar-refractivity contribution in [2.24, 2.45) is 10.9 Å². The van der Waals surface area contributed by atoms with E-state index in [0.29, 0.717) is 6.04 Å². The molecule has 2 fully saturated rings. The molecule has 1 saturated carbocycles. The minimum absolute atomic E-state index is 0.644. The minimum Gasteiger partial charge on any atom is -0.356 e. The first-order chi connectivity index (χ1) is 10.3. The topological polar surface area (TPSA) is 39.7 Å². The molecule has 1 aliphatic heterocycles. The summed E-state index contributed by atoms with van der Waals surface area (Å²) in [4.78, 5) is 6.97. The average Bonchev–Trinajstić information content (AvgIpc) is 2.98. The van der Waals surface area contributed by atoms with Crippen molar-refractivity contribution in [3.63, 3.8) is 0 Å². The molecule has 0 aromatic carbocycles. The smallest absolute Gasteiger partial charge is 0.191 e. The number of hydrogen-bond acceptors (Lipinski definition) is 2.